The Hall–Kier alpha value is -1.14. The molecule has 0 spiro atoms. The molecular formula is C14H25N3O3. The predicted octanol–water partition coefficient (Wildman–Crippen LogP) is -0.0364. The average Bonchev–Trinajstić information content (AvgIpc) is 3.00. The first-order chi connectivity index (χ1) is 9.63. The van der Waals surface area contributed by atoms with Gasteiger partial charge in [0.1, 0.15) is 0 Å². The van der Waals surface area contributed by atoms with Gasteiger partial charge in [0, 0.05) is 32.2 Å². The molecule has 1 aliphatic carbocycles. The quantitative estimate of drug-likeness (QED) is 0.579. The lowest BCUT2D eigenvalue weighted by molar-refractivity contribution is -0.151. The number of ether oxygens (including phenoxy) is 1. The van der Waals surface area contributed by atoms with E-state index in [-0.39, 0.29) is 12.5 Å². The number of amides is 1. The molecule has 20 heavy (non-hydrogen) atoms. The van der Waals surface area contributed by atoms with Crippen molar-refractivity contribution in [2.24, 2.45) is 5.73 Å². The third-order valence-electron chi connectivity index (χ3n) is 4.27. The third kappa shape index (κ3) is 3.49. The third-order valence-corrected chi connectivity index (χ3v) is 4.27. The van der Waals surface area contributed by atoms with Gasteiger partial charge < -0.3 is 15.4 Å². The first kappa shape index (κ1) is 15.3. The molecule has 1 aliphatic heterocycles. The SMILES string of the molecule is CCOC(=O)C(N)C(=O)N1CCN(C2CCCC2)CC1. The van der Waals surface area contributed by atoms with E-state index in [0.717, 1.165) is 13.1 Å². The fourth-order valence-corrected chi connectivity index (χ4v) is 3.11. The van der Waals surface area contributed by atoms with Gasteiger partial charge in [-0.15, -0.1) is 0 Å². The summed E-state index contributed by atoms with van der Waals surface area (Å²) in [7, 11) is 0. The molecule has 0 aromatic carbocycles. The molecule has 114 valence electrons. The molecule has 1 unspecified atom stereocenters. The highest BCUT2D eigenvalue weighted by molar-refractivity contribution is 6.01. The van der Waals surface area contributed by atoms with Crippen molar-refractivity contribution in [2.75, 3.05) is 32.8 Å². The molecule has 1 saturated heterocycles. The second kappa shape index (κ2) is 7.04. The lowest BCUT2D eigenvalue weighted by Crippen LogP contribution is -2.56. The van der Waals surface area contributed by atoms with E-state index in [1.54, 1.807) is 11.8 Å². The number of nitrogens with two attached hydrogens (primary N) is 1. The topological polar surface area (TPSA) is 75.9 Å². The van der Waals surface area contributed by atoms with Gasteiger partial charge in [-0.3, -0.25) is 9.69 Å². The fraction of sp³-hybridized carbons (Fsp3) is 0.857. The summed E-state index contributed by atoms with van der Waals surface area (Å²) in [6.45, 7) is 5.02. The molecule has 6 heteroatoms. The van der Waals surface area contributed by atoms with E-state index in [4.69, 9.17) is 10.5 Å². The number of hydrogen-bond donors (Lipinski definition) is 1. The number of nitrogens with zero attached hydrogens (tertiary/aromatic N) is 2. The summed E-state index contributed by atoms with van der Waals surface area (Å²) in [5.41, 5.74) is 5.66. The maximum atomic E-state index is 12.1. The van der Waals surface area contributed by atoms with Gasteiger partial charge in [0.25, 0.3) is 5.91 Å². The van der Waals surface area contributed by atoms with Crippen molar-refractivity contribution in [3.8, 4) is 0 Å². The summed E-state index contributed by atoms with van der Waals surface area (Å²) in [5.74, 6) is -0.940. The van der Waals surface area contributed by atoms with Crippen LogP contribution in [0.2, 0.25) is 0 Å². The van der Waals surface area contributed by atoms with Crippen LogP contribution in [0.5, 0.6) is 0 Å². The molecule has 1 heterocycles. The molecule has 0 aromatic rings. The molecule has 2 fully saturated rings. The van der Waals surface area contributed by atoms with Gasteiger partial charge >= 0.3 is 5.97 Å². The second-order valence-corrected chi connectivity index (χ2v) is 5.53. The molecule has 0 aromatic heterocycles. The zero-order chi connectivity index (χ0) is 14.5. The van der Waals surface area contributed by atoms with Gasteiger partial charge in [-0.05, 0) is 19.8 Å². The molecular weight excluding hydrogens is 258 g/mol. The lowest BCUT2D eigenvalue weighted by atomic mass is 10.1. The van der Waals surface area contributed by atoms with Crippen molar-refractivity contribution in [1.29, 1.82) is 0 Å². The van der Waals surface area contributed by atoms with Gasteiger partial charge in [-0.2, -0.15) is 0 Å². The summed E-state index contributed by atoms with van der Waals surface area (Å²) >= 11 is 0. The molecule has 6 nitrogen and oxygen atoms in total. The number of rotatable bonds is 4. The van der Waals surface area contributed by atoms with E-state index in [1.165, 1.54) is 25.7 Å². The molecule has 1 saturated carbocycles. The minimum Gasteiger partial charge on any atom is -0.464 e. The molecule has 2 rings (SSSR count). The van der Waals surface area contributed by atoms with Crippen LogP contribution in [-0.4, -0.2) is 66.5 Å². The molecule has 2 N–H and O–H groups in total. The summed E-state index contributed by atoms with van der Waals surface area (Å²) in [5, 5.41) is 0. The largest absolute Gasteiger partial charge is 0.464 e. The number of piperazine rings is 1. The molecule has 2 aliphatic rings. The summed E-state index contributed by atoms with van der Waals surface area (Å²) in [6.07, 6.45) is 5.18. The minimum atomic E-state index is -1.17. The number of carbonyl (C=O) groups is 2. The van der Waals surface area contributed by atoms with Crippen molar-refractivity contribution >= 4 is 11.9 Å². The van der Waals surface area contributed by atoms with Crippen LogP contribution in [0.4, 0.5) is 0 Å². The van der Waals surface area contributed by atoms with E-state index in [1.807, 2.05) is 0 Å². The number of esters is 1. The minimum absolute atomic E-state index is 0.245. The Morgan fingerprint density at radius 1 is 1.20 bits per heavy atom. The van der Waals surface area contributed by atoms with Crippen LogP contribution >= 0.6 is 0 Å². The van der Waals surface area contributed by atoms with Crippen LogP contribution in [0.1, 0.15) is 32.6 Å². The van der Waals surface area contributed by atoms with E-state index < -0.39 is 12.0 Å². The van der Waals surface area contributed by atoms with Crippen LogP contribution in [-0.2, 0) is 14.3 Å². The van der Waals surface area contributed by atoms with Crippen LogP contribution in [0.3, 0.4) is 0 Å². The Morgan fingerprint density at radius 2 is 1.80 bits per heavy atom. The number of hydrogen-bond acceptors (Lipinski definition) is 5. The van der Waals surface area contributed by atoms with Crippen molar-refractivity contribution in [1.82, 2.24) is 9.80 Å². The van der Waals surface area contributed by atoms with E-state index in [0.29, 0.717) is 19.1 Å². The monoisotopic (exact) mass is 283 g/mol. The normalized spacial score (nSPS) is 22.8. The number of carbonyl (C=O) groups excluding carboxylic acids is 2. The molecule has 0 bridgehead atoms. The Balaban J connectivity index is 1.80. The maximum Gasteiger partial charge on any atom is 0.332 e. The standard InChI is InChI=1S/C14H25N3O3/c1-2-20-14(19)12(15)13(18)17-9-7-16(8-10-17)11-5-3-4-6-11/h11-12H,2-10,15H2,1H3. The van der Waals surface area contributed by atoms with Gasteiger partial charge in [-0.1, -0.05) is 12.8 Å². The highest BCUT2D eigenvalue weighted by atomic mass is 16.5. The molecule has 0 radical (unpaired) electrons. The Labute approximate surface area is 120 Å². The van der Waals surface area contributed by atoms with Crippen molar-refractivity contribution in [2.45, 2.75) is 44.7 Å². The van der Waals surface area contributed by atoms with Crippen molar-refractivity contribution in [3.63, 3.8) is 0 Å². The van der Waals surface area contributed by atoms with E-state index >= 15 is 0 Å². The first-order valence-electron chi connectivity index (χ1n) is 7.58. The fourth-order valence-electron chi connectivity index (χ4n) is 3.11. The maximum absolute atomic E-state index is 12.1. The Morgan fingerprint density at radius 3 is 2.35 bits per heavy atom. The van der Waals surface area contributed by atoms with E-state index in [9.17, 15) is 9.59 Å². The van der Waals surface area contributed by atoms with Gasteiger partial charge in [0.2, 0.25) is 0 Å². The average molecular weight is 283 g/mol. The lowest BCUT2D eigenvalue weighted by Gasteiger charge is -2.38. The van der Waals surface area contributed by atoms with Crippen LogP contribution in [0.25, 0.3) is 0 Å². The van der Waals surface area contributed by atoms with Crippen LogP contribution in [0, 0.1) is 0 Å². The highest BCUT2D eigenvalue weighted by Crippen LogP contribution is 2.24. The smallest absolute Gasteiger partial charge is 0.332 e. The zero-order valence-electron chi connectivity index (χ0n) is 12.2. The van der Waals surface area contributed by atoms with Gasteiger partial charge in [0.15, 0.2) is 6.04 Å². The van der Waals surface area contributed by atoms with E-state index in [2.05, 4.69) is 4.90 Å². The van der Waals surface area contributed by atoms with Crippen LogP contribution < -0.4 is 5.73 Å². The van der Waals surface area contributed by atoms with Crippen LogP contribution in [0.15, 0.2) is 0 Å². The van der Waals surface area contributed by atoms with Gasteiger partial charge in [0.05, 0.1) is 6.61 Å². The molecule has 1 atom stereocenters. The first-order valence-corrected chi connectivity index (χ1v) is 7.58. The van der Waals surface area contributed by atoms with Gasteiger partial charge in [-0.25, -0.2) is 4.79 Å². The Kier molecular flexibility index (Phi) is 5.37. The van der Waals surface area contributed by atoms with Crippen molar-refractivity contribution in [3.05, 3.63) is 0 Å². The second-order valence-electron chi connectivity index (χ2n) is 5.53. The Bertz CT molecular complexity index is 348. The summed E-state index contributed by atoms with van der Waals surface area (Å²) in [6, 6.07) is -0.487. The summed E-state index contributed by atoms with van der Waals surface area (Å²) < 4.78 is 4.80. The van der Waals surface area contributed by atoms with Crippen molar-refractivity contribution < 1.29 is 14.3 Å². The zero-order valence-corrected chi connectivity index (χ0v) is 12.2. The highest BCUT2D eigenvalue weighted by Gasteiger charge is 2.32. The predicted molar refractivity (Wildman–Crippen MR) is 75.0 cm³/mol. The molecule has 1 amide bonds. The summed E-state index contributed by atoms with van der Waals surface area (Å²) in [4.78, 5) is 27.8.